The lowest BCUT2D eigenvalue weighted by atomic mass is 10.0. The molecule has 1 aliphatic rings. The summed E-state index contributed by atoms with van der Waals surface area (Å²) < 4.78 is 5.67. The lowest BCUT2D eigenvalue weighted by molar-refractivity contribution is -0.121. The molecule has 0 radical (unpaired) electrons. The van der Waals surface area contributed by atoms with E-state index in [9.17, 15) is 4.79 Å². The molecule has 1 aliphatic carbocycles. The normalized spacial score (nSPS) is 14.0. The van der Waals surface area contributed by atoms with Crippen LogP contribution >= 0.6 is 0 Å². The zero-order chi connectivity index (χ0) is 17.6. The fraction of sp³-hybridized carbons (Fsp3) is 0.409. The molecule has 0 saturated carbocycles. The van der Waals surface area contributed by atoms with E-state index in [0.717, 1.165) is 12.2 Å². The zero-order valence-corrected chi connectivity index (χ0v) is 15.2. The van der Waals surface area contributed by atoms with Crippen molar-refractivity contribution in [3.05, 3.63) is 64.7 Å². The zero-order valence-electron chi connectivity index (χ0n) is 15.2. The largest absolute Gasteiger partial charge is 0.494 e. The first-order valence-electron chi connectivity index (χ1n) is 9.22. The monoisotopic (exact) mass is 337 g/mol. The van der Waals surface area contributed by atoms with Crippen LogP contribution in [0, 0.1) is 6.92 Å². The molecule has 0 bridgehead atoms. The molecule has 3 nitrogen and oxygen atoms in total. The van der Waals surface area contributed by atoms with Crippen molar-refractivity contribution < 1.29 is 9.53 Å². The van der Waals surface area contributed by atoms with E-state index in [2.05, 4.69) is 37.4 Å². The van der Waals surface area contributed by atoms with Crippen molar-refractivity contribution >= 4 is 5.91 Å². The van der Waals surface area contributed by atoms with E-state index in [-0.39, 0.29) is 11.9 Å². The Bertz CT molecular complexity index is 721. The van der Waals surface area contributed by atoms with Crippen LogP contribution in [0.4, 0.5) is 0 Å². The summed E-state index contributed by atoms with van der Waals surface area (Å²) in [6.07, 6.45) is 4.82. The quantitative estimate of drug-likeness (QED) is 0.754. The first kappa shape index (κ1) is 17.5. The Kier molecular flexibility index (Phi) is 5.75. The second-order valence-corrected chi connectivity index (χ2v) is 6.94. The van der Waals surface area contributed by atoms with Crippen LogP contribution in [0.15, 0.2) is 42.5 Å². The van der Waals surface area contributed by atoms with Gasteiger partial charge in [-0.25, -0.2) is 0 Å². The SMILES string of the molecule is Cc1ccc(OCCCC(=O)N[C@H](C)c2ccc3c(c2)CCC3)cc1. The summed E-state index contributed by atoms with van der Waals surface area (Å²) in [5.41, 5.74) is 5.33. The Morgan fingerprint density at radius 2 is 1.88 bits per heavy atom. The van der Waals surface area contributed by atoms with Gasteiger partial charge >= 0.3 is 0 Å². The molecule has 0 aliphatic heterocycles. The highest BCUT2D eigenvalue weighted by Crippen LogP contribution is 2.25. The second-order valence-electron chi connectivity index (χ2n) is 6.94. The van der Waals surface area contributed by atoms with Crippen molar-refractivity contribution in [1.82, 2.24) is 5.32 Å². The fourth-order valence-corrected chi connectivity index (χ4v) is 3.32. The minimum Gasteiger partial charge on any atom is -0.494 e. The molecule has 0 heterocycles. The van der Waals surface area contributed by atoms with E-state index >= 15 is 0 Å². The lowest BCUT2D eigenvalue weighted by Gasteiger charge is -2.16. The van der Waals surface area contributed by atoms with Gasteiger partial charge < -0.3 is 10.1 Å². The molecule has 1 amide bonds. The Morgan fingerprint density at radius 1 is 1.12 bits per heavy atom. The number of rotatable bonds is 7. The smallest absolute Gasteiger partial charge is 0.220 e. The molecule has 132 valence electrons. The van der Waals surface area contributed by atoms with Crippen molar-refractivity contribution in [2.45, 2.75) is 52.0 Å². The third kappa shape index (κ3) is 4.85. The maximum absolute atomic E-state index is 12.1. The highest BCUT2D eigenvalue weighted by atomic mass is 16.5. The summed E-state index contributed by atoms with van der Waals surface area (Å²) >= 11 is 0. The van der Waals surface area contributed by atoms with Gasteiger partial charge in [0.05, 0.1) is 12.6 Å². The highest BCUT2D eigenvalue weighted by Gasteiger charge is 2.14. The summed E-state index contributed by atoms with van der Waals surface area (Å²) in [6.45, 7) is 4.66. The molecule has 25 heavy (non-hydrogen) atoms. The van der Waals surface area contributed by atoms with Crippen LogP contribution in [0.1, 0.15) is 54.5 Å². The maximum atomic E-state index is 12.1. The van der Waals surface area contributed by atoms with Gasteiger partial charge in [-0.05, 0) is 68.4 Å². The molecular formula is C22H27NO2. The van der Waals surface area contributed by atoms with E-state index < -0.39 is 0 Å². The van der Waals surface area contributed by atoms with Crippen LogP contribution in [0.2, 0.25) is 0 Å². The molecule has 0 aromatic heterocycles. The number of carbonyl (C=O) groups is 1. The molecule has 1 atom stereocenters. The lowest BCUT2D eigenvalue weighted by Crippen LogP contribution is -2.26. The topological polar surface area (TPSA) is 38.3 Å². The van der Waals surface area contributed by atoms with Crippen molar-refractivity contribution in [3.8, 4) is 5.75 Å². The Morgan fingerprint density at radius 3 is 2.68 bits per heavy atom. The maximum Gasteiger partial charge on any atom is 0.220 e. The summed E-state index contributed by atoms with van der Waals surface area (Å²) in [4.78, 5) is 12.1. The van der Waals surface area contributed by atoms with Gasteiger partial charge in [0, 0.05) is 6.42 Å². The minimum absolute atomic E-state index is 0.0522. The van der Waals surface area contributed by atoms with Crippen LogP contribution in [-0.4, -0.2) is 12.5 Å². The number of carbonyl (C=O) groups excluding carboxylic acids is 1. The minimum atomic E-state index is 0.0522. The van der Waals surface area contributed by atoms with Gasteiger partial charge in [-0.2, -0.15) is 0 Å². The van der Waals surface area contributed by atoms with Crippen LogP contribution in [0.25, 0.3) is 0 Å². The van der Waals surface area contributed by atoms with Gasteiger partial charge in [0.2, 0.25) is 5.91 Å². The van der Waals surface area contributed by atoms with Gasteiger partial charge in [-0.15, -0.1) is 0 Å². The number of aryl methyl sites for hydroxylation is 3. The number of benzene rings is 2. The first-order valence-corrected chi connectivity index (χ1v) is 9.22. The number of nitrogens with one attached hydrogen (secondary N) is 1. The molecule has 3 heteroatoms. The fourth-order valence-electron chi connectivity index (χ4n) is 3.32. The third-order valence-electron chi connectivity index (χ3n) is 4.84. The van der Waals surface area contributed by atoms with Crippen LogP contribution in [0.3, 0.4) is 0 Å². The van der Waals surface area contributed by atoms with E-state index in [1.165, 1.54) is 41.5 Å². The van der Waals surface area contributed by atoms with Gasteiger partial charge in [-0.3, -0.25) is 4.79 Å². The molecule has 0 saturated heterocycles. The number of hydrogen-bond donors (Lipinski definition) is 1. The highest BCUT2D eigenvalue weighted by molar-refractivity contribution is 5.76. The average molecular weight is 337 g/mol. The van der Waals surface area contributed by atoms with E-state index in [0.29, 0.717) is 13.0 Å². The van der Waals surface area contributed by atoms with Crippen molar-refractivity contribution in [3.63, 3.8) is 0 Å². The van der Waals surface area contributed by atoms with E-state index in [4.69, 9.17) is 4.74 Å². The Balaban J connectivity index is 1.40. The predicted octanol–water partition coefficient (Wildman–Crippen LogP) is 4.52. The molecule has 0 spiro atoms. The molecule has 3 rings (SSSR count). The number of amides is 1. The van der Waals surface area contributed by atoms with Crippen molar-refractivity contribution in [2.24, 2.45) is 0 Å². The van der Waals surface area contributed by atoms with Crippen LogP contribution in [-0.2, 0) is 17.6 Å². The van der Waals surface area contributed by atoms with Crippen molar-refractivity contribution in [1.29, 1.82) is 0 Å². The first-order chi connectivity index (χ1) is 12.1. The van der Waals surface area contributed by atoms with Crippen molar-refractivity contribution in [2.75, 3.05) is 6.61 Å². The molecule has 2 aromatic carbocycles. The molecule has 0 unspecified atom stereocenters. The Hall–Kier alpha value is -2.29. The van der Waals surface area contributed by atoms with Gasteiger partial charge in [0.1, 0.15) is 5.75 Å². The van der Waals surface area contributed by atoms with E-state index in [1.807, 2.05) is 24.3 Å². The van der Waals surface area contributed by atoms with Crippen LogP contribution < -0.4 is 10.1 Å². The van der Waals surface area contributed by atoms with Gasteiger partial charge in [-0.1, -0.05) is 35.9 Å². The molecule has 0 fully saturated rings. The summed E-state index contributed by atoms with van der Waals surface area (Å²) in [7, 11) is 0. The number of ether oxygens (including phenoxy) is 1. The third-order valence-corrected chi connectivity index (χ3v) is 4.84. The number of hydrogen-bond acceptors (Lipinski definition) is 2. The second kappa shape index (κ2) is 8.19. The Labute approximate surface area is 150 Å². The van der Waals surface area contributed by atoms with Crippen LogP contribution in [0.5, 0.6) is 5.75 Å². The predicted molar refractivity (Wildman–Crippen MR) is 101 cm³/mol. The summed E-state index contributed by atoms with van der Waals surface area (Å²) in [6, 6.07) is 14.7. The van der Waals surface area contributed by atoms with E-state index in [1.54, 1.807) is 0 Å². The average Bonchev–Trinajstić information content (AvgIpc) is 3.08. The molecular weight excluding hydrogens is 310 g/mol. The van der Waals surface area contributed by atoms with Gasteiger partial charge in [0.15, 0.2) is 0 Å². The number of fused-ring (bicyclic) bond motifs is 1. The molecule has 1 N–H and O–H groups in total. The summed E-state index contributed by atoms with van der Waals surface area (Å²) in [5.74, 6) is 0.943. The summed E-state index contributed by atoms with van der Waals surface area (Å²) in [5, 5.41) is 3.10. The standard InChI is InChI=1S/C22H27NO2/c1-16-8-12-21(13-9-16)25-14-4-7-22(24)23-17(2)19-11-10-18-5-3-6-20(18)15-19/h8-13,15,17H,3-7,14H2,1-2H3,(H,23,24)/t17-/m1/s1. The van der Waals surface area contributed by atoms with Gasteiger partial charge in [0.25, 0.3) is 0 Å². The molecule has 2 aromatic rings.